The van der Waals surface area contributed by atoms with Crippen molar-refractivity contribution in [3.63, 3.8) is 0 Å². The highest BCUT2D eigenvalue weighted by Gasteiger charge is 1.96. The van der Waals surface area contributed by atoms with Crippen LogP contribution in [0.4, 0.5) is 0 Å². The SMILES string of the molecule is Brc1csc(CNCCCCn2ccnc2)c1. The van der Waals surface area contributed by atoms with E-state index >= 15 is 0 Å². The molecular weight excluding hydrogens is 298 g/mol. The molecule has 2 aromatic rings. The largest absolute Gasteiger partial charge is 0.337 e. The van der Waals surface area contributed by atoms with Gasteiger partial charge in [-0.1, -0.05) is 0 Å². The Hall–Kier alpha value is -0.650. The second kappa shape index (κ2) is 6.93. The monoisotopic (exact) mass is 313 g/mol. The molecule has 3 nitrogen and oxygen atoms in total. The molecule has 0 atom stereocenters. The van der Waals surface area contributed by atoms with Gasteiger partial charge in [-0.3, -0.25) is 0 Å². The molecule has 92 valence electrons. The van der Waals surface area contributed by atoms with Crippen molar-refractivity contribution >= 4 is 27.3 Å². The van der Waals surface area contributed by atoms with Crippen LogP contribution in [0.3, 0.4) is 0 Å². The Bertz CT molecular complexity index is 425. The molecule has 0 aliphatic heterocycles. The Morgan fingerprint density at radius 3 is 3.06 bits per heavy atom. The van der Waals surface area contributed by atoms with Gasteiger partial charge in [0.1, 0.15) is 0 Å². The normalized spacial score (nSPS) is 10.9. The molecule has 2 aromatic heterocycles. The Kier molecular flexibility index (Phi) is 5.22. The summed E-state index contributed by atoms with van der Waals surface area (Å²) in [6, 6.07) is 2.17. The van der Waals surface area contributed by atoms with E-state index in [4.69, 9.17) is 0 Å². The Morgan fingerprint density at radius 1 is 1.41 bits per heavy atom. The van der Waals surface area contributed by atoms with Gasteiger partial charge in [0.25, 0.3) is 0 Å². The summed E-state index contributed by atoms with van der Waals surface area (Å²) >= 11 is 5.25. The summed E-state index contributed by atoms with van der Waals surface area (Å²) in [5.41, 5.74) is 0. The smallest absolute Gasteiger partial charge is 0.0945 e. The van der Waals surface area contributed by atoms with Crippen molar-refractivity contribution in [2.24, 2.45) is 0 Å². The number of thiophene rings is 1. The molecule has 0 spiro atoms. The highest BCUT2D eigenvalue weighted by molar-refractivity contribution is 9.10. The van der Waals surface area contributed by atoms with E-state index < -0.39 is 0 Å². The van der Waals surface area contributed by atoms with E-state index in [-0.39, 0.29) is 0 Å². The number of nitrogens with zero attached hydrogens (tertiary/aromatic N) is 2. The van der Waals surface area contributed by atoms with Crippen molar-refractivity contribution in [3.8, 4) is 0 Å². The summed E-state index contributed by atoms with van der Waals surface area (Å²) in [4.78, 5) is 5.40. The quantitative estimate of drug-likeness (QED) is 0.795. The summed E-state index contributed by atoms with van der Waals surface area (Å²) in [7, 11) is 0. The van der Waals surface area contributed by atoms with Crippen LogP contribution in [0.25, 0.3) is 0 Å². The lowest BCUT2D eigenvalue weighted by molar-refractivity contribution is 0.570. The fourth-order valence-corrected chi connectivity index (χ4v) is 3.04. The minimum Gasteiger partial charge on any atom is -0.337 e. The van der Waals surface area contributed by atoms with Crippen LogP contribution < -0.4 is 5.32 Å². The van der Waals surface area contributed by atoms with Gasteiger partial charge in [-0.2, -0.15) is 0 Å². The third-order valence-corrected chi connectivity index (χ3v) is 4.20. The van der Waals surface area contributed by atoms with Gasteiger partial charge in [-0.15, -0.1) is 11.3 Å². The predicted molar refractivity (Wildman–Crippen MR) is 75.2 cm³/mol. The molecule has 2 heterocycles. The molecule has 17 heavy (non-hydrogen) atoms. The van der Waals surface area contributed by atoms with Crippen LogP contribution in [-0.4, -0.2) is 16.1 Å². The van der Waals surface area contributed by atoms with Crippen LogP contribution >= 0.6 is 27.3 Å². The summed E-state index contributed by atoms with van der Waals surface area (Å²) in [5, 5.41) is 5.58. The van der Waals surface area contributed by atoms with Crippen molar-refractivity contribution in [1.29, 1.82) is 0 Å². The Labute approximate surface area is 114 Å². The van der Waals surface area contributed by atoms with E-state index in [0.717, 1.165) is 19.6 Å². The maximum Gasteiger partial charge on any atom is 0.0945 e. The molecule has 0 saturated heterocycles. The highest BCUT2D eigenvalue weighted by Crippen LogP contribution is 2.19. The molecular formula is C12H16BrN3S. The summed E-state index contributed by atoms with van der Waals surface area (Å²) in [5.74, 6) is 0. The van der Waals surface area contributed by atoms with Crippen LogP contribution in [0.5, 0.6) is 0 Å². The first-order valence-corrected chi connectivity index (χ1v) is 7.41. The first-order valence-electron chi connectivity index (χ1n) is 5.74. The topological polar surface area (TPSA) is 29.9 Å². The number of hydrogen-bond acceptors (Lipinski definition) is 3. The van der Waals surface area contributed by atoms with Gasteiger partial charge in [-0.25, -0.2) is 4.98 Å². The molecule has 0 radical (unpaired) electrons. The minimum absolute atomic E-state index is 0.974. The zero-order valence-electron chi connectivity index (χ0n) is 9.60. The number of rotatable bonds is 7. The average Bonchev–Trinajstić information content (AvgIpc) is 2.95. The van der Waals surface area contributed by atoms with Crippen molar-refractivity contribution < 1.29 is 0 Å². The van der Waals surface area contributed by atoms with Crippen LogP contribution in [-0.2, 0) is 13.1 Å². The van der Waals surface area contributed by atoms with Gasteiger partial charge in [0, 0.05) is 40.2 Å². The lowest BCUT2D eigenvalue weighted by Crippen LogP contribution is -2.14. The fraction of sp³-hybridized carbons (Fsp3) is 0.417. The highest BCUT2D eigenvalue weighted by atomic mass is 79.9. The third kappa shape index (κ3) is 4.61. The molecule has 0 bridgehead atoms. The lowest BCUT2D eigenvalue weighted by Gasteiger charge is -2.03. The molecule has 0 amide bonds. The van der Waals surface area contributed by atoms with Crippen LogP contribution in [0, 0.1) is 0 Å². The summed E-state index contributed by atoms with van der Waals surface area (Å²) in [6.45, 7) is 3.11. The van der Waals surface area contributed by atoms with Crippen LogP contribution in [0.15, 0.2) is 34.6 Å². The first-order chi connectivity index (χ1) is 8.34. The van der Waals surface area contributed by atoms with E-state index in [2.05, 4.69) is 42.2 Å². The van der Waals surface area contributed by atoms with Crippen LogP contribution in [0.2, 0.25) is 0 Å². The van der Waals surface area contributed by atoms with E-state index in [9.17, 15) is 0 Å². The maximum absolute atomic E-state index is 4.02. The minimum atomic E-state index is 0.974. The lowest BCUT2D eigenvalue weighted by atomic mass is 10.3. The van der Waals surface area contributed by atoms with Crippen molar-refractivity contribution in [2.75, 3.05) is 6.54 Å². The third-order valence-electron chi connectivity index (χ3n) is 2.50. The van der Waals surface area contributed by atoms with Gasteiger partial charge in [0.15, 0.2) is 0 Å². The number of hydrogen-bond donors (Lipinski definition) is 1. The van der Waals surface area contributed by atoms with Crippen LogP contribution in [0.1, 0.15) is 17.7 Å². The van der Waals surface area contributed by atoms with Gasteiger partial charge >= 0.3 is 0 Å². The zero-order valence-corrected chi connectivity index (χ0v) is 12.0. The molecule has 5 heteroatoms. The number of aryl methyl sites for hydroxylation is 1. The van der Waals surface area contributed by atoms with Crippen molar-refractivity contribution in [2.45, 2.75) is 25.9 Å². The molecule has 0 aromatic carbocycles. The van der Waals surface area contributed by atoms with E-state index in [1.54, 1.807) is 11.3 Å². The average molecular weight is 314 g/mol. The van der Waals surface area contributed by atoms with Crippen molar-refractivity contribution in [1.82, 2.24) is 14.9 Å². The molecule has 0 aliphatic rings. The molecule has 0 unspecified atom stereocenters. The molecule has 0 aliphatic carbocycles. The number of unbranched alkanes of at least 4 members (excludes halogenated alkanes) is 1. The summed E-state index contributed by atoms with van der Waals surface area (Å²) in [6.07, 6.45) is 8.10. The van der Waals surface area contributed by atoms with Crippen molar-refractivity contribution in [3.05, 3.63) is 39.5 Å². The van der Waals surface area contributed by atoms with Gasteiger partial charge in [0.2, 0.25) is 0 Å². The zero-order chi connectivity index (χ0) is 11.9. The second-order valence-corrected chi connectivity index (χ2v) is 5.83. The van der Waals surface area contributed by atoms with E-state index in [1.807, 2.05) is 18.7 Å². The molecule has 0 saturated carbocycles. The molecule has 0 fully saturated rings. The number of aromatic nitrogens is 2. The number of halogens is 1. The predicted octanol–water partition coefficient (Wildman–Crippen LogP) is 3.28. The van der Waals surface area contributed by atoms with Gasteiger partial charge < -0.3 is 9.88 Å². The number of imidazole rings is 1. The standard InChI is InChI=1S/C12H16BrN3S/c13-11-7-12(17-9-11)8-14-3-1-2-5-16-6-4-15-10-16/h4,6-7,9-10,14H,1-3,5,8H2. The van der Waals surface area contributed by atoms with E-state index in [0.29, 0.717) is 0 Å². The summed E-state index contributed by atoms with van der Waals surface area (Å²) < 4.78 is 3.30. The molecule has 2 rings (SSSR count). The Morgan fingerprint density at radius 2 is 2.35 bits per heavy atom. The second-order valence-electron chi connectivity index (χ2n) is 3.92. The Balaban J connectivity index is 1.52. The fourth-order valence-electron chi connectivity index (χ4n) is 1.62. The maximum atomic E-state index is 4.02. The molecule has 1 N–H and O–H groups in total. The van der Waals surface area contributed by atoms with Gasteiger partial charge in [0.05, 0.1) is 6.33 Å². The van der Waals surface area contributed by atoms with Gasteiger partial charge in [-0.05, 0) is 41.4 Å². The number of nitrogens with one attached hydrogen (secondary N) is 1. The van der Waals surface area contributed by atoms with E-state index in [1.165, 1.54) is 22.2 Å². The first kappa shape index (κ1) is 12.8.